The standard InChI is InChI=1S/C35H39F2NO7S/c1-19-13-31-34(30(43)18-39,12-10-29(42)35(37)25(19)17-27(36)26-16-23(41)9-11-33(26,35)3)45-32(44-31)28-8-7-24(46-28)15-21-5-4-6-22(14-21)38-20(2)40/h4-9,11,14,16,19,25,27,29,31-32,39,42H,10,12-13,15,17-18H2,1-3H3,(H,38,40)/t19-,25-,27-,29-,31+,32+,33-,34+,35-/m0/s1. The summed E-state index contributed by atoms with van der Waals surface area (Å²) in [7, 11) is 0. The Morgan fingerprint density at radius 3 is 2.72 bits per heavy atom. The number of carbonyl (C=O) groups is 3. The molecule has 4 aliphatic rings. The van der Waals surface area contributed by atoms with Gasteiger partial charge in [0.1, 0.15) is 12.8 Å². The lowest BCUT2D eigenvalue weighted by molar-refractivity contribution is -0.158. The number of fused-ring (bicyclic) bond motifs is 4. The van der Waals surface area contributed by atoms with E-state index >= 15 is 8.78 Å². The third-order valence-electron chi connectivity index (χ3n) is 10.4. The van der Waals surface area contributed by atoms with Crippen LogP contribution in [0.5, 0.6) is 0 Å². The highest BCUT2D eigenvalue weighted by molar-refractivity contribution is 7.12. The van der Waals surface area contributed by atoms with E-state index in [0.29, 0.717) is 17.0 Å². The van der Waals surface area contributed by atoms with Crippen LogP contribution in [0.1, 0.15) is 68.1 Å². The molecule has 3 N–H and O–H groups in total. The Morgan fingerprint density at radius 1 is 1.20 bits per heavy atom. The van der Waals surface area contributed by atoms with Gasteiger partial charge in [0, 0.05) is 35.2 Å². The summed E-state index contributed by atoms with van der Waals surface area (Å²) in [6.45, 7) is 3.91. The van der Waals surface area contributed by atoms with Crippen molar-refractivity contribution in [3.8, 4) is 0 Å². The lowest BCUT2D eigenvalue weighted by Gasteiger charge is -2.56. The Labute approximate surface area is 270 Å². The molecular weight excluding hydrogens is 616 g/mol. The van der Waals surface area contributed by atoms with Gasteiger partial charge in [0.25, 0.3) is 0 Å². The molecule has 3 fully saturated rings. The summed E-state index contributed by atoms with van der Waals surface area (Å²) in [6, 6.07) is 11.3. The predicted octanol–water partition coefficient (Wildman–Crippen LogP) is 5.33. The topological polar surface area (TPSA) is 122 Å². The molecule has 1 aromatic heterocycles. The van der Waals surface area contributed by atoms with Gasteiger partial charge in [-0.25, -0.2) is 8.78 Å². The predicted molar refractivity (Wildman–Crippen MR) is 168 cm³/mol. The second-order valence-electron chi connectivity index (χ2n) is 13.3. The van der Waals surface area contributed by atoms with Gasteiger partial charge >= 0.3 is 0 Å². The highest BCUT2D eigenvalue weighted by Gasteiger charge is 2.67. The lowest BCUT2D eigenvalue weighted by atomic mass is 9.51. The van der Waals surface area contributed by atoms with Crippen LogP contribution in [0.15, 0.2) is 60.2 Å². The molecule has 0 unspecified atom stereocenters. The zero-order chi connectivity index (χ0) is 33.0. The number of anilines is 1. The van der Waals surface area contributed by atoms with Crippen molar-refractivity contribution < 1.29 is 42.9 Å². The van der Waals surface area contributed by atoms with Gasteiger partial charge in [0.15, 0.2) is 29.1 Å². The Morgan fingerprint density at radius 2 is 1.98 bits per heavy atom. The van der Waals surface area contributed by atoms with E-state index in [0.717, 1.165) is 16.5 Å². The summed E-state index contributed by atoms with van der Waals surface area (Å²) >= 11 is 1.44. The number of aliphatic hydroxyl groups excluding tert-OH is 2. The normalized spacial score (nSPS) is 37.2. The summed E-state index contributed by atoms with van der Waals surface area (Å²) in [6.07, 6.45) is -1.13. The zero-order valence-electron chi connectivity index (χ0n) is 26.0. The van der Waals surface area contributed by atoms with Crippen LogP contribution in [-0.4, -0.2) is 63.9 Å². The van der Waals surface area contributed by atoms with Crippen LogP contribution in [0.4, 0.5) is 14.5 Å². The van der Waals surface area contributed by atoms with Gasteiger partial charge in [0.2, 0.25) is 5.91 Å². The number of rotatable bonds is 6. The third-order valence-corrected chi connectivity index (χ3v) is 11.5. The van der Waals surface area contributed by atoms with E-state index in [2.05, 4.69) is 5.32 Å². The van der Waals surface area contributed by atoms with Gasteiger partial charge in [0.05, 0.1) is 17.1 Å². The minimum absolute atomic E-state index is 0.0218. The number of halogens is 2. The van der Waals surface area contributed by atoms with Crippen molar-refractivity contribution in [2.45, 2.75) is 88.8 Å². The molecule has 2 aromatic rings. The number of alkyl halides is 2. The van der Waals surface area contributed by atoms with Crippen molar-refractivity contribution in [1.29, 1.82) is 0 Å². The molecule has 9 atom stereocenters. The molecule has 1 saturated heterocycles. The second-order valence-corrected chi connectivity index (χ2v) is 14.5. The number of benzene rings is 1. The van der Waals surface area contributed by atoms with Crippen LogP contribution in [0.25, 0.3) is 0 Å². The van der Waals surface area contributed by atoms with Crippen molar-refractivity contribution in [3.05, 3.63) is 75.5 Å². The van der Waals surface area contributed by atoms with E-state index in [4.69, 9.17) is 9.47 Å². The molecule has 6 rings (SSSR count). The van der Waals surface area contributed by atoms with Crippen LogP contribution < -0.4 is 5.32 Å². The van der Waals surface area contributed by atoms with E-state index in [9.17, 15) is 24.6 Å². The van der Waals surface area contributed by atoms with Gasteiger partial charge in [-0.2, -0.15) is 0 Å². The molecule has 1 aromatic carbocycles. The van der Waals surface area contributed by atoms with E-state index in [1.165, 1.54) is 37.3 Å². The SMILES string of the molecule is CC(=O)Nc1cccc(Cc2ccc([C@@H]3O[C@@H]4C[C@H](C)[C@@H]5C[C@H](F)C6=CC(=O)C=C[C@]6(C)[C@@]5(F)[C@@H](O)CC[C@]4(C(=O)CO)O3)s2)c1. The Balaban J connectivity index is 1.29. The molecule has 46 heavy (non-hydrogen) atoms. The molecule has 0 bridgehead atoms. The molecule has 11 heteroatoms. The van der Waals surface area contributed by atoms with E-state index in [1.54, 1.807) is 6.92 Å². The Hall–Kier alpha value is -3.09. The second kappa shape index (κ2) is 12.2. The fraction of sp³-hybridized carbons (Fsp3) is 0.514. The molecule has 2 heterocycles. The molecule has 1 aliphatic heterocycles. The van der Waals surface area contributed by atoms with Crippen LogP contribution in [0.2, 0.25) is 0 Å². The van der Waals surface area contributed by atoms with Crippen LogP contribution in [0, 0.1) is 17.3 Å². The smallest absolute Gasteiger partial charge is 0.221 e. The number of aliphatic hydroxyl groups is 2. The molecule has 8 nitrogen and oxygen atoms in total. The molecule has 0 spiro atoms. The number of carbonyl (C=O) groups excluding carboxylic acids is 3. The van der Waals surface area contributed by atoms with Crippen molar-refractivity contribution in [3.63, 3.8) is 0 Å². The number of allylic oxidation sites excluding steroid dienone is 4. The maximum Gasteiger partial charge on any atom is 0.221 e. The summed E-state index contributed by atoms with van der Waals surface area (Å²) in [5.74, 6) is -2.73. The molecule has 246 valence electrons. The Bertz CT molecular complexity index is 1610. The number of hydrogen-bond donors (Lipinski definition) is 3. The fourth-order valence-electron chi connectivity index (χ4n) is 8.11. The molecule has 0 radical (unpaired) electrons. The molecule has 3 aliphatic carbocycles. The van der Waals surface area contributed by atoms with Crippen LogP contribution in [-0.2, 0) is 30.3 Å². The first-order chi connectivity index (χ1) is 21.8. The summed E-state index contributed by atoms with van der Waals surface area (Å²) in [5, 5.41) is 24.5. The largest absolute Gasteiger partial charge is 0.390 e. The van der Waals surface area contributed by atoms with Gasteiger partial charge < -0.3 is 25.0 Å². The van der Waals surface area contributed by atoms with Crippen molar-refractivity contribution in [2.75, 3.05) is 11.9 Å². The van der Waals surface area contributed by atoms with Gasteiger partial charge in [-0.15, -0.1) is 11.3 Å². The molecular formula is C35H39F2NO7S. The Kier molecular flexibility index (Phi) is 8.69. The lowest BCUT2D eigenvalue weighted by Crippen LogP contribution is -2.63. The van der Waals surface area contributed by atoms with Crippen molar-refractivity contribution in [2.24, 2.45) is 17.3 Å². The third kappa shape index (κ3) is 5.39. The summed E-state index contributed by atoms with van der Waals surface area (Å²) in [5.41, 5.74) is -3.85. The quantitative estimate of drug-likeness (QED) is 0.385. The van der Waals surface area contributed by atoms with E-state index in [-0.39, 0.29) is 37.2 Å². The average Bonchev–Trinajstić information content (AvgIpc) is 3.63. The van der Waals surface area contributed by atoms with Crippen molar-refractivity contribution in [1.82, 2.24) is 0 Å². The maximum absolute atomic E-state index is 17.6. The molecule has 2 saturated carbocycles. The number of amides is 1. The summed E-state index contributed by atoms with van der Waals surface area (Å²) in [4.78, 5) is 38.8. The number of ether oxygens (including phenoxy) is 2. The maximum atomic E-state index is 17.6. The minimum atomic E-state index is -2.33. The number of hydrogen-bond acceptors (Lipinski definition) is 8. The zero-order valence-corrected chi connectivity index (χ0v) is 26.8. The first-order valence-corrected chi connectivity index (χ1v) is 16.5. The highest BCUT2D eigenvalue weighted by Crippen LogP contribution is 2.61. The van der Waals surface area contributed by atoms with Gasteiger partial charge in [-0.05, 0) is 86.1 Å². The average molecular weight is 656 g/mol. The first kappa shape index (κ1) is 32.8. The molecule has 1 amide bonds. The van der Waals surface area contributed by atoms with Gasteiger partial charge in [-0.3, -0.25) is 14.4 Å². The van der Waals surface area contributed by atoms with E-state index in [1.807, 2.05) is 36.4 Å². The monoisotopic (exact) mass is 655 g/mol. The summed E-state index contributed by atoms with van der Waals surface area (Å²) < 4.78 is 46.2. The number of ketones is 2. The van der Waals surface area contributed by atoms with E-state index < -0.39 is 71.4 Å². The fourth-order valence-corrected chi connectivity index (χ4v) is 9.13. The highest BCUT2D eigenvalue weighted by atomic mass is 32.1. The first-order valence-electron chi connectivity index (χ1n) is 15.7. The van der Waals surface area contributed by atoms with Crippen molar-refractivity contribution >= 4 is 34.5 Å². The van der Waals surface area contributed by atoms with Gasteiger partial charge in [-0.1, -0.05) is 25.1 Å². The van der Waals surface area contributed by atoms with Crippen LogP contribution in [0.3, 0.4) is 0 Å². The number of Topliss-reactive ketones (excluding diaryl/α,β-unsaturated/α-hetero) is 1. The van der Waals surface area contributed by atoms with Crippen LogP contribution >= 0.6 is 11.3 Å². The minimum Gasteiger partial charge on any atom is -0.390 e. The number of nitrogens with one attached hydrogen (secondary N) is 1. The number of thiophene rings is 1.